The molecule has 0 aliphatic heterocycles. The van der Waals surface area contributed by atoms with Crippen LogP contribution in [0.15, 0.2) is 12.1 Å². The smallest absolute Gasteiger partial charge is 0.229 e. The summed E-state index contributed by atoms with van der Waals surface area (Å²) in [5.41, 5.74) is 1.85. The fraction of sp³-hybridized carbons (Fsp3) is 0.364. The number of ether oxygens (including phenoxy) is 1. The summed E-state index contributed by atoms with van der Waals surface area (Å²) in [5.74, 6) is -0.410. The number of amides is 1. The molecule has 5 nitrogen and oxygen atoms in total. The first kappa shape index (κ1) is 13.2. The van der Waals surface area contributed by atoms with Gasteiger partial charge in [0.15, 0.2) is 0 Å². The summed E-state index contributed by atoms with van der Waals surface area (Å²) >= 11 is 7.16. The number of carbonyl (C=O) groups is 1. The van der Waals surface area contributed by atoms with Gasteiger partial charge >= 0.3 is 0 Å². The molecular weight excluding hydrogens is 274 g/mol. The zero-order chi connectivity index (χ0) is 13.1. The summed E-state index contributed by atoms with van der Waals surface area (Å²) in [4.78, 5) is 11.9. The highest BCUT2D eigenvalue weighted by Crippen LogP contribution is 2.30. The molecule has 1 atom stereocenters. The largest absolute Gasteiger partial charge is 0.384 e. The molecule has 1 unspecified atom stereocenters. The van der Waals surface area contributed by atoms with Gasteiger partial charge in [0.1, 0.15) is 11.0 Å². The average molecular weight is 286 g/mol. The number of fused-ring (bicyclic) bond motifs is 1. The molecule has 7 heteroatoms. The van der Waals surface area contributed by atoms with Crippen LogP contribution in [0.2, 0.25) is 5.02 Å². The van der Waals surface area contributed by atoms with Crippen LogP contribution in [-0.4, -0.2) is 28.4 Å². The lowest BCUT2D eigenvalue weighted by Gasteiger charge is -2.12. The van der Waals surface area contributed by atoms with Crippen molar-refractivity contribution in [3.63, 3.8) is 0 Å². The van der Waals surface area contributed by atoms with Gasteiger partial charge in [0, 0.05) is 7.11 Å². The van der Waals surface area contributed by atoms with Gasteiger partial charge in [0.25, 0.3) is 0 Å². The minimum absolute atomic E-state index is 0.153. The topological polar surface area (TPSA) is 64.1 Å². The van der Waals surface area contributed by atoms with E-state index in [1.807, 2.05) is 0 Å². The first-order chi connectivity index (χ1) is 8.63. The monoisotopic (exact) mass is 285 g/mol. The van der Waals surface area contributed by atoms with Crippen LogP contribution < -0.4 is 5.32 Å². The van der Waals surface area contributed by atoms with Crippen LogP contribution in [0.3, 0.4) is 0 Å². The normalized spacial score (nSPS) is 12.6. The van der Waals surface area contributed by atoms with E-state index < -0.39 is 0 Å². The Balaban J connectivity index is 2.28. The Labute approximate surface area is 113 Å². The second-order valence-corrected chi connectivity index (χ2v) is 4.84. The minimum atomic E-state index is -0.257. The number of nitrogens with zero attached hydrogens (tertiary/aromatic N) is 2. The van der Waals surface area contributed by atoms with Gasteiger partial charge < -0.3 is 10.1 Å². The molecule has 0 fully saturated rings. The summed E-state index contributed by atoms with van der Waals surface area (Å²) in [5, 5.41) is 3.23. The summed E-state index contributed by atoms with van der Waals surface area (Å²) in [6.07, 6.45) is 0. The Hall–Kier alpha value is -1.24. The van der Waals surface area contributed by atoms with Gasteiger partial charge in [-0.2, -0.15) is 8.75 Å². The molecule has 1 aromatic carbocycles. The van der Waals surface area contributed by atoms with Crippen molar-refractivity contribution in [3.8, 4) is 0 Å². The van der Waals surface area contributed by atoms with Crippen LogP contribution in [0.1, 0.15) is 6.92 Å². The van der Waals surface area contributed by atoms with Gasteiger partial charge in [-0.25, -0.2) is 0 Å². The molecule has 0 aliphatic carbocycles. The fourth-order valence-corrected chi connectivity index (χ4v) is 2.26. The van der Waals surface area contributed by atoms with E-state index in [4.69, 9.17) is 16.3 Å². The lowest BCUT2D eigenvalue weighted by atomic mass is 10.1. The molecule has 1 aromatic heterocycles. The molecule has 0 saturated carbocycles. The third-order valence-corrected chi connectivity index (χ3v) is 3.35. The maximum Gasteiger partial charge on any atom is 0.229 e. The van der Waals surface area contributed by atoms with Crippen molar-refractivity contribution in [2.45, 2.75) is 6.92 Å². The lowest BCUT2D eigenvalue weighted by Crippen LogP contribution is -2.24. The van der Waals surface area contributed by atoms with E-state index in [1.54, 1.807) is 26.2 Å². The number of carbonyl (C=O) groups excluding carboxylic acids is 1. The number of halogens is 1. The fourth-order valence-electron chi connectivity index (χ4n) is 1.52. The van der Waals surface area contributed by atoms with Gasteiger partial charge in [-0.3, -0.25) is 4.79 Å². The number of methoxy groups -OCH3 is 1. The Kier molecular flexibility index (Phi) is 4.11. The molecule has 1 heterocycles. The van der Waals surface area contributed by atoms with Crippen LogP contribution in [0, 0.1) is 5.92 Å². The predicted octanol–water partition coefficient (Wildman–Crippen LogP) is 2.57. The van der Waals surface area contributed by atoms with Crippen molar-refractivity contribution < 1.29 is 9.53 Å². The van der Waals surface area contributed by atoms with Crippen molar-refractivity contribution in [2.24, 2.45) is 5.92 Å². The number of nitrogens with one attached hydrogen (secondary N) is 1. The third kappa shape index (κ3) is 2.60. The Morgan fingerprint density at radius 3 is 3.06 bits per heavy atom. The Morgan fingerprint density at radius 1 is 1.56 bits per heavy atom. The lowest BCUT2D eigenvalue weighted by molar-refractivity contribution is -0.120. The van der Waals surface area contributed by atoms with E-state index in [0.717, 1.165) is 17.2 Å². The van der Waals surface area contributed by atoms with Crippen LogP contribution in [0.4, 0.5) is 5.69 Å². The summed E-state index contributed by atoms with van der Waals surface area (Å²) in [6.45, 7) is 2.14. The van der Waals surface area contributed by atoms with E-state index in [0.29, 0.717) is 22.8 Å². The molecule has 0 spiro atoms. The van der Waals surface area contributed by atoms with Gasteiger partial charge in [-0.15, -0.1) is 0 Å². The summed E-state index contributed by atoms with van der Waals surface area (Å²) in [7, 11) is 1.56. The molecule has 96 valence electrons. The molecule has 0 radical (unpaired) electrons. The molecule has 0 saturated heterocycles. The molecule has 2 rings (SSSR count). The molecule has 1 amide bonds. The summed E-state index contributed by atoms with van der Waals surface area (Å²) < 4.78 is 13.2. The highest BCUT2D eigenvalue weighted by atomic mass is 35.5. The van der Waals surface area contributed by atoms with E-state index in [9.17, 15) is 4.79 Å². The van der Waals surface area contributed by atoms with Crippen molar-refractivity contribution in [3.05, 3.63) is 17.2 Å². The van der Waals surface area contributed by atoms with Crippen molar-refractivity contribution >= 4 is 46.0 Å². The molecular formula is C11H12ClN3O2S. The number of anilines is 1. The Bertz CT molecular complexity index is 572. The van der Waals surface area contributed by atoms with Crippen LogP contribution >= 0.6 is 23.3 Å². The third-order valence-electron chi connectivity index (χ3n) is 2.49. The standard InChI is InChI=1S/C11H12ClN3O2S/c1-6(5-17-2)11(16)13-9-7(12)3-4-8-10(9)15-18-14-8/h3-4,6H,5H2,1-2H3,(H,13,16). The molecule has 18 heavy (non-hydrogen) atoms. The first-order valence-corrected chi connectivity index (χ1v) is 6.45. The zero-order valence-electron chi connectivity index (χ0n) is 9.94. The van der Waals surface area contributed by atoms with Crippen LogP contribution in [0.5, 0.6) is 0 Å². The van der Waals surface area contributed by atoms with Gasteiger partial charge in [0.2, 0.25) is 5.91 Å². The second-order valence-electron chi connectivity index (χ2n) is 3.90. The number of hydrogen-bond donors (Lipinski definition) is 1. The van der Waals surface area contributed by atoms with E-state index in [2.05, 4.69) is 14.1 Å². The maximum absolute atomic E-state index is 11.9. The zero-order valence-corrected chi connectivity index (χ0v) is 11.5. The van der Waals surface area contributed by atoms with Crippen molar-refractivity contribution in [2.75, 3.05) is 19.0 Å². The van der Waals surface area contributed by atoms with Crippen LogP contribution in [0.25, 0.3) is 11.0 Å². The van der Waals surface area contributed by atoms with Crippen molar-refractivity contribution in [1.29, 1.82) is 0 Å². The first-order valence-electron chi connectivity index (χ1n) is 5.34. The molecule has 0 aliphatic rings. The average Bonchev–Trinajstić information content (AvgIpc) is 2.81. The minimum Gasteiger partial charge on any atom is -0.384 e. The predicted molar refractivity (Wildman–Crippen MR) is 72.1 cm³/mol. The number of rotatable bonds is 4. The maximum atomic E-state index is 11.9. The van der Waals surface area contributed by atoms with Crippen LogP contribution in [-0.2, 0) is 9.53 Å². The van der Waals surface area contributed by atoms with E-state index in [1.165, 1.54) is 0 Å². The molecule has 2 aromatic rings. The summed E-state index contributed by atoms with van der Waals surface area (Å²) in [6, 6.07) is 3.47. The van der Waals surface area contributed by atoms with Gasteiger partial charge in [-0.1, -0.05) is 18.5 Å². The number of aromatic nitrogens is 2. The van der Waals surface area contributed by atoms with E-state index >= 15 is 0 Å². The Morgan fingerprint density at radius 2 is 2.33 bits per heavy atom. The number of hydrogen-bond acceptors (Lipinski definition) is 5. The highest BCUT2D eigenvalue weighted by molar-refractivity contribution is 7.00. The van der Waals surface area contributed by atoms with Crippen molar-refractivity contribution in [1.82, 2.24) is 8.75 Å². The highest BCUT2D eigenvalue weighted by Gasteiger charge is 2.17. The van der Waals surface area contributed by atoms with Gasteiger partial charge in [0.05, 0.1) is 35.0 Å². The second kappa shape index (κ2) is 5.60. The van der Waals surface area contributed by atoms with Gasteiger partial charge in [-0.05, 0) is 12.1 Å². The number of benzene rings is 1. The van der Waals surface area contributed by atoms with E-state index in [-0.39, 0.29) is 11.8 Å². The quantitative estimate of drug-likeness (QED) is 0.938. The molecule has 0 bridgehead atoms. The SMILES string of the molecule is COCC(C)C(=O)Nc1c(Cl)ccc2nsnc12. The molecule has 1 N–H and O–H groups in total.